The molecule has 45 heavy (non-hydrogen) atoms. The molecular formula is C34H34N6O5. The predicted octanol–water partition coefficient (Wildman–Crippen LogP) is 4.00. The lowest BCUT2D eigenvalue weighted by Gasteiger charge is -2.50. The second-order valence-electron chi connectivity index (χ2n) is 11.1. The van der Waals surface area contributed by atoms with Crippen LogP contribution in [0.15, 0.2) is 91.5 Å². The normalized spacial score (nSPS) is 21.2. The van der Waals surface area contributed by atoms with E-state index >= 15 is 0 Å². The number of hydrogen-bond acceptors (Lipinski definition) is 10. The number of aromatic nitrogens is 4. The Labute approximate surface area is 260 Å². The second-order valence-corrected chi connectivity index (χ2v) is 11.1. The van der Waals surface area contributed by atoms with Crippen molar-refractivity contribution in [1.29, 1.82) is 5.26 Å². The molecule has 0 bridgehead atoms. The molecular weight excluding hydrogens is 572 g/mol. The zero-order valence-corrected chi connectivity index (χ0v) is 25.1. The molecule has 5 aromatic rings. The van der Waals surface area contributed by atoms with E-state index in [1.165, 1.54) is 12.7 Å². The van der Waals surface area contributed by atoms with Crippen molar-refractivity contribution in [2.45, 2.75) is 42.8 Å². The van der Waals surface area contributed by atoms with E-state index in [0.29, 0.717) is 39.4 Å². The molecule has 0 radical (unpaired) electrons. The Morgan fingerprint density at radius 2 is 1.58 bits per heavy atom. The largest absolute Gasteiger partial charge is 0.496 e. The molecule has 1 aliphatic heterocycles. The van der Waals surface area contributed by atoms with Gasteiger partial charge in [-0.25, -0.2) is 15.0 Å². The molecule has 11 heteroatoms. The van der Waals surface area contributed by atoms with E-state index in [4.69, 9.17) is 19.9 Å². The van der Waals surface area contributed by atoms with E-state index in [2.05, 4.69) is 21.0 Å². The number of imidazole rings is 1. The first-order valence-electron chi connectivity index (χ1n) is 14.5. The third-order valence-electron chi connectivity index (χ3n) is 8.86. The zero-order chi connectivity index (χ0) is 31.8. The SMILES string of the molecule is COc1ccccc1C(c1ccccc1)(c1ccccc1OC)[C@]1(O)C[C@H](n2cnc3c(N)ncnc32)O[C@@H]1C(O)C(C)C#N. The number of rotatable bonds is 9. The van der Waals surface area contributed by atoms with Crippen LogP contribution in [-0.4, -0.2) is 61.8 Å². The number of anilines is 1. The highest BCUT2D eigenvalue weighted by atomic mass is 16.5. The number of para-hydroxylation sites is 2. The molecule has 1 fully saturated rings. The average Bonchev–Trinajstić information content (AvgIpc) is 3.68. The molecule has 6 rings (SSSR count). The highest BCUT2D eigenvalue weighted by Crippen LogP contribution is 2.60. The Bertz CT molecular complexity index is 1810. The highest BCUT2D eigenvalue weighted by molar-refractivity contribution is 5.81. The number of nitriles is 1. The number of fused-ring (bicyclic) bond motifs is 1. The van der Waals surface area contributed by atoms with Crippen LogP contribution >= 0.6 is 0 Å². The molecule has 1 aliphatic rings. The fourth-order valence-electron chi connectivity index (χ4n) is 6.79. The van der Waals surface area contributed by atoms with Crippen LogP contribution in [-0.2, 0) is 10.2 Å². The van der Waals surface area contributed by atoms with E-state index in [0.717, 1.165) is 0 Å². The van der Waals surface area contributed by atoms with Gasteiger partial charge in [0.25, 0.3) is 0 Å². The smallest absolute Gasteiger partial charge is 0.167 e. The Hall–Kier alpha value is -5.02. The minimum Gasteiger partial charge on any atom is -0.496 e. The number of nitrogens with zero attached hydrogens (tertiary/aromatic N) is 5. The lowest BCUT2D eigenvalue weighted by atomic mass is 9.55. The van der Waals surface area contributed by atoms with Gasteiger partial charge in [-0.15, -0.1) is 0 Å². The summed E-state index contributed by atoms with van der Waals surface area (Å²) in [4.78, 5) is 12.9. The van der Waals surface area contributed by atoms with E-state index in [1.54, 1.807) is 25.7 Å². The quantitative estimate of drug-likeness (QED) is 0.209. The first kappa shape index (κ1) is 30.0. The van der Waals surface area contributed by atoms with E-state index in [1.807, 2.05) is 78.9 Å². The van der Waals surface area contributed by atoms with Crippen LogP contribution in [0.25, 0.3) is 11.2 Å². The van der Waals surface area contributed by atoms with Gasteiger partial charge < -0.3 is 30.2 Å². The molecule has 0 amide bonds. The summed E-state index contributed by atoms with van der Waals surface area (Å²) in [6.07, 6.45) is -0.797. The van der Waals surface area contributed by atoms with Crippen molar-refractivity contribution in [2.75, 3.05) is 20.0 Å². The Kier molecular flexibility index (Phi) is 7.88. The van der Waals surface area contributed by atoms with Crippen molar-refractivity contribution in [2.24, 2.45) is 5.92 Å². The maximum atomic E-state index is 13.7. The number of nitrogen functional groups attached to an aromatic ring is 1. The van der Waals surface area contributed by atoms with Gasteiger partial charge in [-0.1, -0.05) is 66.7 Å². The molecule has 5 atom stereocenters. The Morgan fingerprint density at radius 1 is 0.978 bits per heavy atom. The van der Waals surface area contributed by atoms with Crippen LogP contribution in [0.3, 0.4) is 0 Å². The van der Waals surface area contributed by atoms with Crippen LogP contribution in [0.5, 0.6) is 11.5 Å². The van der Waals surface area contributed by atoms with E-state index < -0.39 is 35.4 Å². The number of aliphatic hydroxyl groups is 2. The predicted molar refractivity (Wildman–Crippen MR) is 166 cm³/mol. The third kappa shape index (κ3) is 4.57. The van der Waals surface area contributed by atoms with Crippen LogP contribution < -0.4 is 15.2 Å². The molecule has 2 unspecified atom stereocenters. The molecule has 0 saturated carbocycles. The summed E-state index contributed by atoms with van der Waals surface area (Å²) in [5.74, 6) is 0.295. The van der Waals surface area contributed by atoms with Gasteiger partial charge in [0, 0.05) is 17.5 Å². The van der Waals surface area contributed by atoms with Gasteiger partial charge in [0.05, 0.1) is 44.1 Å². The fraction of sp³-hybridized carbons (Fsp3) is 0.294. The molecule has 4 N–H and O–H groups in total. The Morgan fingerprint density at radius 3 is 2.18 bits per heavy atom. The van der Waals surface area contributed by atoms with Crippen molar-refractivity contribution in [3.05, 3.63) is 108 Å². The van der Waals surface area contributed by atoms with Gasteiger partial charge in [0.15, 0.2) is 11.5 Å². The number of aliphatic hydroxyl groups excluding tert-OH is 1. The van der Waals surface area contributed by atoms with E-state index in [-0.39, 0.29) is 12.2 Å². The van der Waals surface area contributed by atoms with Crippen molar-refractivity contribution in [1.82, 2.24) is 19.5 Å². The van der Waals surface area contributed by atoms with Crippen LogP contribution in [0, 0.1) is 17.2 Å². The minimum absolute atomic E-state index is 0.0623. The summed E-state index contributed by atoms with van der Waals surface area (Å²) in [6.45, 7) is 1.60. The number of benzene rings is 3. The monoisotopic (exact) mass is 606 g/mol. The van der Waals surface area contributed by atoms with Crippen LogP contribution in [0.1, 0.15) is 36.3 Å². The van der Waals surface area contributed by atoms with Gasteiger partial charge in [-0.05, 0) is 24.6 Å². The number of methoxy groups -OCH3 is 2. The average molecular weight is 607 g/mol. The van der Waals surface area contributed by atoms with E-state index in [9.17, 15) is 15.5 Å². The standard InChI is InChI=1S/C34H34N6O5/c1-21(18-35)29(41)30-33(42,17-27(45-30)40-20-39-28-31(36)37-19-38-32(28)40)34(22-11-5-4-6-12-22,23-13-7-9-15-25(23)43-2)24-14-8-10-16-26(24)44-3/h4-16,19-21,27,29-30,41-42H,17H2,1-3H3,(H2,36,37,38)/t21?,27-,29?,30-,33+/m1/s1. The maximum absolute atomic E-state index is 13.7. The van der Waals surface area contributed by atoms with Crippen LogP contribution in [0.4, 0.5) is 5.82 Å². The Balaban J connectivity index is 1.73. The summed E-state index contributed by atoms with van der Waals surface area (Å²) in [5.41, 5.74) is 5.36. The third-order valence-corrected chi connectivity index (χ3v) is 8.86. The first-order chi connectivity index (χ1) is 21.8. The van der Waals surface area contributed by atoms with Gasteiger partial charge in [-0.2, -0.15) is 5.26 Å². The van der Waals surface area contributed by atoms with Crippen LogP contribution in [0.2, 0.25) is 0 Å². The molecule has 1 saturated heterocycles. The van der Waals surface area contributed by atoms with Crippen molar-refractivity contribution in [3.8, 4) is 17.6 Å². The second kappa shape index (κ2) is 11.8. The number of ether oxygens (including phenoxy) is 3. The molecule has 0 spiro atoms. The molecule has 2 aromatic heterocycles. The lowest BCUT2D eigenvalue weighted by molar-refractivity contribution is -0.139. The fourth-order valence-corrected chi connectivity index (χ4v) is 6.79. The lowest BCUT2D eigenvalue weighted by Crippen LogP contribution is -2.62. The zero-order valence-electron chi connectivity index (χ0n) is 25.1. The summed E-state index contributed by atoms with van der Waals surface area (Å²) in [5, 5.41) is 35.5. The summed E-state index contributed by atoms with van der Waals surface area (Å²) in [7, 11) is 3.14. The van der Waals surface area contributed by atoms with Crippen molar-refractivity contribution >= 4 is 17.0 Å². The van der Waals surface area contributed by atoms with Gasteiger partial charge in [-0.3, -0.25) is 4.57 Å². The maximum Gasteiger partial charge on any atom is 0.167 e. The topological polar surface area (TPSA) is 162 Å². The van der Waals surface area contributed by atoms with Gasteiger partial charge in [0.1, 0.15) is 41.3 Å². The van der Waals surface area contributed by atoms with Crippen molar-refractivity contribution in [3.63, 3.8) is 0 Å². The molecule has 3 heterocycles. The minimum atomic E-state index is -1.94. The number of hydrogen-bond donors (Lipinski definition) is 3. The first-order valence-corrected chi connectivity index (χ1v) is 14.5. The molecule has 0 aliphatic carbocycles. The molecule has 230 valence electrons. The summed E-state index contributed by atoms with van der Waals surface area (Å²) < 4.78 is 20.2. The van der Waals surface area contributed by atoms with Gasteiger partial charge in [0.2, 0.25) is 0 Å². The molecule has 3 aromatic carbocycles. The highest BCUT2D eigenvalue weighted by Gasteiger charge is 2.66. The van der Waals surface area contributed by atoms with Gasteiger partial charge >= 0.3 is 0 Å². The molecule has 11 nitrogen and oxygen atoms in total. The van der Waals surface area contributed by atoms with Crippen molar-refractivity contribution < 1.29 is 24.4 Å². The summed E-state index contributed by atoms with van der Waals surface area (Å²) >= 11 is 0. The number of nitrogens with two attached hydrogens (primary N) is 1. The summed E-state index contributed by atoms with van der Waals surface area (Å²) in [6, 6.07) is 26.5.